The molecular formula is C34H26ClNO5. The molecule has 6 nitrogen and oxygen atoms in total. The Kier molecular flexibility index (Phi) is 6.93. The maximum absolute atomic E-state index is 13.8. The van der Waals surface area contributed by atoms with Gasteiger partial charge in [0.2, 0.25) is 0 Å². The third-order valence-electron chi connectivity index (χ3n) is 7.78. The number of rotatable bonds is 6. The summed E-state index contributed by atoms with van der Waals surface area (Å²) in [5, 5.41) is 27.2. The number of phenolic OH excluding ortho intramolecular Hbond substituents is 1. The number of carboxylic acid groups (broad SMARTS) is 1. The first kappa shape index (κ1) is 26.5. The molecule has 41 heavy (non-hydrogen) atoms. The Hall–Kier alpha value is -4.68. The van der Waals surface area contributed by atoms with Gasteiger partial charge in [-0.15, -0.1) is 0 Å². The van der Waals surface area contributed by atoms with Gasteiger partial charge < -0.3 is 15.5 Å². The van der Waals surface area contributed by atoms with Crippen LogP contribution in [0.5, 0.6) is 5.75 Å². The summed E-state index contributed by atoms with van der Waals surface area (Å²) in [5.41, 5.74) is 3.25. The zero-order chi connectivity index (χ0) is 28.7. The van der Waals surface area contributed by atoms with Crippen molar-refractivity contribution < 1.29 is 24.6 Å². The predicted molar refractivity (Wildman–Crippen MR) is 158 cm³/mol. The fourth-order valence-electron chi connectivity index (χ4n) is 5.95. The maximum atomic E-state index is 13.8. The first-order valence-corrected chi connectivity index (χ1v) is 13.8. The standard InChI is InChI=1S/C34H26ClNO5/c35-29-11-4-3-8-26(29)34(41)36-21-13-15-27(30(37)18-21)33(40)25-10-5-9-23-24-14-12-19-6-1-2-7-22(19)32(24)20(16-28(23)25)17-31(38)39/h3-6,8-16,18,20,37H,1-2,7,17H2,(H,36,41)(H,38,39). The molecular weight excluding hydrogens is 538 g/mol. The fourth-order valence-corrected chi connectivity index (χ4v) is 6.17. The number of carboxylic acids is 1. The molecule has 1 unspecified atom stereocenters. The minimum absolute atomic E-state index is 0.0724. The molecule has 0 aromatic heterocycles. The molecule has 1 amide bonds. The van der Waals surface area contributed by atoms with Crippen LogP contribution >= 0.6 is 11.6 Å². The van der Waals surface area contributed by atoms with Crippen molar-refractivity contribution in [1.29, 1.82) is 0 Å². The number of fused-ring (bicyclic) bond motifs is 4. The molecule has 0 bridgehead atoms. The number of hydrogen-bond donors (Lipinski definition) is 3. The Labute approximate surface area is 240 Å². The number of phenols is 1. The highest BCUT2D eigenvalue weighted by Gasteiger charge is 2.25. The van der Waals surface area contributed by atoms with E-state index in [2.05, 4.69) is 17.5 Å². The molecule has 0 fully saturated rings. The molecule has 6 rings (SSSR count). The highest BCUT2D eigenvalue weighted by atomic mass is 35.5. The minimum Gasteiger partial charge on any atom is -0.507 e. The molecule has 3 N–H and O–H groups in total. The minimum atomic E-state index is -0.908. The summed E-state index contributed by atoms with van der Waals surface area (Å²) >= 11 is 6.12. The van der Waals surface area contributed by atoms with E-state index in [-0.39, 0.29) is 29.2 Å². The van der Waals surface area contributed by atoms with Crippen molar-refractivity contribution in [3.8, 4) is 5.75 Å². The van der Waals surface area contributed by atoms with Gasteiger partial charge in [0.05, 0.1) is 22.6 Å². The summed E-state index contributed by atoms with van der Waals surface area (Å²) in [6.45, 7) is 0. The molecule has 4 aromatic rings. The van der Waals surface area contributed by atoms with Crippen LogP contribution in [0.15, 0.2) is 72.8 Å². The third-order valence-corrected chi connectivity index (χ3v) is 8.11. The number of amides is 1. The average Bonchev–Trinajstić information content (AvgIpc) is 2.96. The van der Waals surface area contributed by atoms with E-state index >= 15 is 0 Å². The highest BCUT2D eigenvalue weighted by Crippen LogP contribution is 2.31. The molecule has 204 valence electrons. The van der Waals surface area contributed by atoms with Crippen molar-refractivity contribution in [2.75, 3.05) is 5.32 Å². The number of anilines is 1. The number of hydrogen-bond acceptors (Lipinski definition) is 4. The Morgan fingerprint density at radius 1 is 0.902 bits per heavy atom. The van der Waals surface area contributed by atoms with Gasteiger partial charge in [-0.3, -0.25) is 14.4 Å². The second-order valence-corrected chi connectivity index (χ2v) is 10.7. The van der Waals surface area contributed by atoms with Gasteiger partial charge in [0.25, 0.3) is 5.91 Å². The van der Waals surface area contributed by atoms with Crippen molar-refractivity contribution in [3.05, 3.63) is 127 Å². The molecule has 4 aromatic carbocycles. The molecule has 0 heterocycles. The van der Waals surface area contributed by atoms with E-state index in [1.807, 2.05) is 24.3 Å². The molecule has 0 spiro atoms. The van der Waals surface area contributed by atoms with Gasteiger partial charge in [-0.1, -0.05) is 66.2 Å². The Morgan fingerprint density at radius 2 is 1.71 bits per heavy atom. The quantitative estimate of drug-likeness (QED) is 0.277. The number of benzene rings is 4. The van der Waals surface area contributed by atoms with Crippen LogP contribution in [-0.2, 0) is 11.2 Å². The summed E-state index contributed by atoms with van der Waals surface area (Å²) in [6, 6.07) is 20.5. The maximum Gasteiger partial charge on any atom is 0.304 e. The molecule has 0 saturated carbocycles. The van der Waals surface area contributed by atoms with Crippen LogP contribution in [0.4, 0.5) is 5.69 Å². The van der Waals surface area contributed by atoms with E-state index in [1.165, 1.54) is 17.7 Å². The summed E-state index contributed by atoms with van der Waals surface area (Å²) in [5.74, 6) is -2.42. The van der Waals surface area contributed by atoms with Crippen LogP contribution in [0.25, 0.3) is 12.2 Å². The van der Waals surface area contributed by atoms with Gasteiger partial charge >= 0.3 is 5.97 Å². The number of carbonyl (C=O) groups excluding carboxylic acids is 2. The van der Waals surface area contributed by atoms with Gasteiger partial charge in [0, 0.05) is 23.2 Å². The van der Waals surface area contributed by atoms with E-state index in [0.717, 1.165) is 40.5 Å². The molecule has 1 atom stereocenters. The van der Waals surface area contributed by atoms with Crippen LogP contribution in [0.1, 0.15) is 62.6 Å². The van der Waals surface area contributed by atoms with Crippen LogP contribution in [0.2, 0.25) is 5.02 Å². The van der Waals surface area contributed by atoms with Crippen LogP contribution in [0.3, 0.4) is 0 Å². The second kappa shape index (κ2) is 10.7. The SMILES string of the molecule is O=C(O)CC1C=c2c(C(=O)c3ccc(NC(=O)c4ccccc4Cl)cc3O)cccc2=c2ccc3c(c21)CCCC=3. The van der Waals surface area contributed by atoms with E-state index in [9.17, 15) is 24.6 Å². The average molecular weight is 564 g/mol. The first-order chi connectivity index (χ1) is 19.8. The zero-order valence-corrected chi connectivity index (χ0v) is 22.7. The fraction of sp³-hybridized carbons (Fsp3) is 0.147. The van der Waals surface area contributed by atoms with Crippen LogP contribution in [0, 0.1) is 10.4 Å². The van der Waals surface area contributed by atoms with Crippen molar-refractivity contribution in [1.82, 2.24) is 0 Å². The van der Waals surface area contributed by atoms with Crippen LogP contribution in [-0.4, -0.2) is 27.9 Å². The Bertz CT molecular complexity index is 1980. The van der Waals surface area contributed by atoms with Gasteiger partial charge in [0.1, 0.15) is 5.75 Å². The molecule has 2 aliphatic rings. The lowest BCUT2D eigenvalue weighted by atomic mass is 9.80. The van der Waals surface area contributed by atoms with Gasteiger partial charge in [-0.05, 0) is 75.5 Å². The summed E-state index contributed by atoms with van der Waals surface area (Å²) < 4.78 is 0. The highest BCUT2D eigenvalue weighted by molar-refractivity contribution is 6.34. The molecule has 2 aliphatic carbocycles. The third kappa shape index (κ3) is 4.92. The first-order valence-electron chi connectivity index (χ1n) is 13.4. The predicted octanol–water partition coefficient (Wildman–Crippen LogP) is 5.29. The van der Waals surface area contributed by atoms with Crippen molar-refractivity contribution >= 4 is 47.1 Å². The number of nitrogens with one attached hydrogen (secondary N) is 1. The molecule has 0 saturated heterocycles. The summed E-state index contributed by atoms with van der Waals surface area (Å²) in [6.07, 6.45) is 6.92. The Balaban J connectivity index is 1.43. The molecule has 0 aliphatic heterocycles. The van der Waals surface area contributed by atoms with E-state index in [4.69, 9.17) is 11.6 Å². The van der Waals surface area contributed by atoms with Crippen molar-refractivity contribution in [2.24, 2.45) is 0 Å². The summed E-state index contributed by atoms with van der Waals surface area (Å²) in [4.78, 5) is 38.4. The largest absolute Gasteiger partial charge is 0.507 e. The second-order valence-electron chi connectivity index (χ2n) is 10.3. The smallest absolute Gasteiger partial charge is 0.304 e. The van der Waals surface area contributed by atoms with Gasteiger partial charge in [-0.2, -0.15) is 0 Å². The monoisotopic (exact) mass is 563 g/mol. The Morgan fingerprint density at radius 3 is 2.49 bits per heavy atom. The number of aliphatic carboxylic acids is 1. The van der Waals surface area contributed by atoms with E-state index < -0.39 is 17.7 Å². The summed E-state index contributed by atoms with van der Waals surface area (Å²) in [7, 11) is 0. The van der Waals surface area contributed by atoms with E-state index in [1.54, 1.807) is 36.4 Å². The lowest BCUT2D eigenvalue weighted by Gasteiger charge is -2.23. The van der Waals surface area contributed by atoms with Gasteiger partial charge in [-0.25, -0.2) is 0 Å². The van der Waals surface area contributed by atoms with Gasteiger partial charge in [0.15, 0.2) is 5.78 Å². The lowest BCUT2D eigenvalue weighted by molar-refractivity contribution is -0.137. The number of halogens is 1. The molecule has 0 radical (unpaired) electrons. The number of carbonyl (C=O) groups is 3. The number of aromatic hydroxyl groups is 1. The lowest BCUT2D eigenvalue weighted by Crippen LogP contribution is -2.26. The van der Waals surface area contributed by atoms with Crippen LogP contribution < -0.4 is 15.8 Å². The normalized spacial score (nSPS) is 14.9. The molecule has 7 heteroatoms. The van der Waals surface area contributed by atoms with Crippen molar-refractivity contribution in [3.63, 3.8) is 0 Å². The zero-order valence-electron chi connectivity index (χ0n) is 22.0. The topological polar surface area (TPSA) is 104 Å². The van der Waals surface area contributed by atoms with Crippen molar-refractivity contribution in [2.45, 2.75) is 31.6 Å². The number of ketones is 1. The van der Waals surface area contributed by atoms with E-state index in [0.29, 0.717) is 21.5 Å².